The van der Waals surface area contributed by atoms with E-state index in [2.05, 4.69) is 22.1 Å². The van der Waals surface area contributed by atoms with Crippen molar-refractivity contribution in [2.45, 2.75) is 25.8 Å². The fourth-order valence-electron chi connectivity index (χ4n) is 3.41. The van der Waals surface area contributed by atoms with Crippen LogP contribution in [0.25, 0.3) is 10.2 Å². The summed E-state index contributed by atoms with van der Waals surface area (Å²) in [5.74, 6) is 0.584. The first kappa shape index (κ1) is 16.9. The minimum absolute atomic E-state index is 0.0699. The zero-order valence-electron chi connectivity index (χ0n) is 14.5. The van der Waals surface area contributed by atoms with Gasteiger partial charge in [-0.25, -0.2) is 4.98 Å². The third-order valence-corrected chi connectivity index (χ3v) is 5.59. The lowest BCUT2D eigenvalue weighted by Gasteiger charge is -2.28. The fourth-order valence-corrected chi connectivity index (χ4v) is 4.13. The van der Waals surface area contributed by atoms with Gasteiger partial charge in [0.15, 0.2) is 0 Å². The number of hydrogen-bond donors (Lipinski definition) is 0. The second-order valence-corrected chi connectivity index (χ2v) is 7.58. The van der Waals surface area contributed by atoms with Gasteiger partial charge in [0.2, 0.25) is 0 Å². The molecular formula is C21H21N3OS. The summed E-state index contributed by atoms with van der Waals surface area (Å²) >= 11 is 1.57. The Morgan fingerprint density at radius 3 is 2.96 bits per heavy atom. The molecule has 0 aliphatic heterocycles. The lowest BCUT2D eigenvalue weighted by molar-refractivity contribution is 0.0708. The van der Waals surface area contributed by atoms with Crippen molar-refractivity contribution < 1.29 is 4.79 Å². The van der Waals surface area contributed by atoms with Crippen LogP contribution in [0.5, 0.6) is 0 Å². The number of pyridine rings is 1. The van der Waals surface area contributed by atoms with Crippen LogP contribution in [0.3, 0.4) is 0 Å². The molecule has 1 aliphatic rings. The van der Waals surface area contributed by atoms with Crippen molar-refractivity contribution >= 4 is 27.5 Å². The van der Waals surface area contributed by atoms with Gasteiger partial charge >= 0.3 is 0 Å². The number of thiazole rings is 1. The number of amides is 1. The molecule has 1 aromatic carbocycles. The second-order valence-electron chi connectivity index (χ2n) is 6.69. The average molecular weight is 363 g/mol. The van der Waals surface area contributed by atoms with Crippen LogP contribution in [-0.4, -0.2) is 27.3 Å². The molecule has 1 unspecified atom stereocenters. The van der Waals surface area contributed by atoms with E-state index in [1.807, 2.05) is 46.8 Å². The molecule has 0 saturated carbocycles. The molecule has 0 saturated heterocycles. The minimum atomic E-state index is 0.0699. The number of fused-ring (bicyclic) bond motifs is 1. The molecule has 0 bridgehead atoms. The Labute approximate surface area is 157 Å². The molecule has 0 radical (unpaired) electrons. The highest BCUT2D eigenvalue weighted by Gasteiger charge is 2.22. The van der Waals surface area contributed by atoms with Crippen molar-refractivity contribution in [2.24, 2.45) is 5.92 Å². The Kier molecular flexibility index (Phi) is 5.07. The number of carbonyl (C=O) groups excluding carboxylic acids is 1. The van der Waals surface area contributed by atoms with E-state index in [9.17, 15) is 4.79 Å². The van der Waals surface area contributed by atoms with E-state index in [0.29, 0.717) is 12.5 Å². The van der Waals surface area contributed by atoms with Gasteiger partial charge in [-0.15, -0.1) is 11.3 Å². The summed E-state index contributed by atoms with van der Waals surface area (Å²) in [6.45, 7) is 1.31. The zero-order valence-corrected chi connectivity index (χ0v) is 15.4. The van der Waals surface area contributed by atoms with E-state index in [4.69, 9.17) is 0 Å². The maximum Gasteiger partial charge on any atom is 0.254 e. The summed E-state index contributed by atoms with van der Waals surface area (Å²) in [4.78, 5) is 23.9. The second kappa shape index (κ2) is 7.79. The molecule has 26 heavy (non-hydrogen) atoms. The van der Waals surface area contributed by atoms with Gasteiger partial charge in [0.1, 0.15) is 0 Å². The molecule has 0 fully saturated rings. The summed E-state index contributed by atoms with van der Waals surface area (Å²) in [7, 11) is 0. The largest absolute Gasteiger partial charge is 0.332 e. The lowest BCUT2D eigenvalue weighted by Crippen LogP contribution is -2.35. The average Bonchev–Trinajstić information content (AvgIpc) is 3.16. The van der Waals surface area contributed by atoms with Crippen molar-refractivity contribution in [1.82, 2.24) is 14.9 Å². The molecule has 3 aromatic rings. The van der Waals surface area contributed by atoms with Crippen molar-refractivity contribution in [3.8, 4) is 0 Å². The molecule has 0 spiro atoms. The van der Waals surface area contributed by atoms with Crippen LogP contribution in [-0.2, 0) is 6.54 Å². The normalized spacial score (nSPS) is 16.7. The fraction of sp³-hybridized carbons (Fsp3) is 0.286. The summed E-state index contributed by atoms with van der Waals surface area (Å²) in [6, 6.07) is 11.6. The van der Waals surface area contributed by atoms with E-state index in [-0.39, 0.29) is 5.91 Å². The number of carbonyl (C=O) groups is 1. The van der Waals surface area contributed by atoms with E-state index < -0.39 is 0 Å². The van der Waals surface area contributed by atoms with Crippen LogP contribution in [0.1, 0.15) is 35.3 Å². The molecule has 4 rings (SSSR count). The van der Waals surface area contributed by atoms with Gasteiger partial charge in [-0.05, 0) is 55.5 Å². The van der Waals surface area contributed by atoms with Crippen molar-refractivity contribution in [3.05, 3.63) is 71.5 Å². The smallest absolute Gasteiger partial charge is 0.254 e. The number of hydrogen-bond acceptors (Lipinski definition) is 4. The van der Waals surface area contributed by atoms with Crippen molar-refractivity contribution in [2.75, 3.05) is 6.54 Å². The van der Waals surface area contributed by atoms with Crippen LogP contribution in [0.15, 0.2) is 60.3 Å². The first-order valence-corrected chi connectivity index (χ1v) is 9.85. The summed E-state index contributed by atoms with van der Waals surface area (Å²) in [5.41, 5.74) is 4.41. The highest BCUT2D eigenvalue weighted by molar-refractivity contribution is 7.16. The minimum Gasteiger partial charge on any atom is -0.332 e. The van der Waals surface area contributed by atoms with Gasteiger partial charge < -0.3 is 4.90 Å². The molecule has 1 atom stereocenters. The van der Waals surface area contributed by atoms with Crippen LogP contribution in [0, 0.1) is 5.92 Å². The Morgan fingerprint density at radius 2 is 2.15 bits per heavy atom. The lowest BCUT2D eigenvalue weighted by atomic mass is 9.93. The predicted octanol–water partition coefficient (Wildman–Crippen LogP) is 4.69. The van der Waals surface area contributed by atoms with Gasteiger partial charge in [0, 0.05) is 18.3 Å². The van der Waals surface area contributed by atoms with Crippen molar-refractivity contribution in [3.63, 3.8) is 0 Å². The van der Waals surface area contributed by atoms with E-state index in [0.717, 1.165) is 47.3 Å². The van der Waals surface area contributed by atoms with Crippen LogP contribution < -0.4 is 0 Å². The molecule has 0 N–H and O–H groups in total. The molecule has 2 heterocycles. The Bertz CT molecular complexity index is 919. The highest BCUT2D eigenvalue weighted by Crippen LogP contribution is 2.23. The van der Waals surface area contributed by atoms with Gasteiger partial charge in [0.25, 0.3) is 5.91 Å². The number of rotatable bonds is 5. The molecule has 132 valence electrons. The number of benzene rings is 1. The summed E-state index contributed by atoms with van der Waals surface area (Å²) in [5, 5.41) is 0. The Hall–Kier alpha value is -2.53. The maximum absolute atomic E-state index is 13.3. The summed E-state index contributed by atoms with van der Waals surface area (Å²) < 4.78 is 1.05. The van der Waals surface area contributed by atoms with Gasteiger partial charge in [-0.1, -0.05) is 18.2 Å². The number of aromatic nitrogens is 2. The van der Waals surface area contributed by atoms with Crippen molar-refractivity contribution in [1.29, 1.82) is 0 Å². The maximum atomic E-state index is 13.3. The number of allylic oxidation sites excluding steroid dienone is 2. The van der Waals surface area contributed by atoms with Gasteiger partial charge in [0.05, 0.1) is 28.0 Å². The molecule has 1 amide bonds. The first-order chi connectivity index (χ1) is 12.8. The third-order valence-electron chi connectivity index (χ3n) is 4.80. The summed E-state index contributed by atoms with van der Waals surface area (Å²) in [6.07, 6.45) is 9.53. The molecular weight excluding hydrogens is 342 g/mol. The first-order valence-electron chi connectivity index (χ1n) is 8.97. The topological polar surface area (TPSA) is 46.1 Å². The Balaban J connectivity index is 1.59. The molecule has 1 aliphatic carbocycles. The van der Waals surface area contributed by atoms with Crippen LogP contribution >= 0.6 is 11.3 Å². The SMILES string of the molecule is O=C(c1ccc2ncsc2c1)N(Cc1ccccn1)CC1CC=CCC1. The molecule has 2 aromatic heterocycles. The standard InChI is InChI=1S/C21H21N3OS/c25-21(17-9-10-19-20(12-17)26-15-23-19)24(13-16-6-2-1-3-7-16)14-18-8-4-5-11-22-18/h1-2,4-5,8-12,15-16H,3,6-7,13-14H2. The highest BCUT2D eigenvalue weighted by atomic mass is 32.1. The Morgan fingerprint density at radius 1 is 1.19 bits per heavy atom. The third kappa shape index (κ3) is 3.83. The van der Waals surface area contributed by atoms with Crippen LogP contribution in [0.2, 0.25) is 0 Å². The van der Waals surface area contributed by atoms with Gasteiger partial charge in [-0.2, -0.15) is 0 Å². The van der Waals surface area contributed by atoms with E-state index in [1.54, 1.807) is 17.5 Å². The van der Waals surface area contributed by atoms with Gasteiger partial charge in [-0.3, -0.25) is 9.78 Å². The predicted molar refractivity (Wildman–Crippen MR) is 105 cm³/mol. The molecule has 4 nitrogen and oxygen atoms in total. The van der Waals surface area contributed by atoms with Crippen LogP contribution in [0.4, 0.5) is 0 Å². The monoisotopic (exact) mass is 363 g/mol. The van der Waals surface area contributed by atoms with E-state index >= 15 is 0 Å². The zero-order chi connectivity index (χ0) is 17.8. The van der Waals surface area contributed by atoms with E-state index in [1.165, 1.54) is 0 Å². The quantitative estimate of drug-likeness (QED) is 0.618. The molecule has 5 heteroatoms. The number of nitrogens with zero attached hydrogens (tertiary/aromatic N) is 3.